The summed E-state index contributed by atoms with van der Waals surface area (Å²) in [6.45, 7) is 8.52. The molecule has 0 bridgehead atoms. The molecule has 0 fully saturated rings. The molecule has 0 aromatic rings. The molecule has 0 aliphatic carbocycles. The summed E-state index contributed by atoms with van der Waals surface area (Å²) >= 11 is 0. The molecule has 0 aromatic heterocycles. The molecule has 1 nitrogen and oxygen atoms in total. The largest absolute Gasteiger partial charge is 2.00 e. The molecule has 0 aliphatic rings. The number of Topliss-reactive ketones (excluding diaryl/α,β-unsaturated/α-hetero) is 1. The van der Waals surface area contributed by atoms with E-state index in [4.69, 9.17) is 0 Å². The Bertz CT molecular complexity index is 97.1. The Labute approximate surface area is 71.8 Å². The van der Waals surface area contributed by atoms with Gasteiger partial charge in [-0.05, 0) is 12.5 Å². The normalized spacial score (nSPS) is 6.44. The summed E-state index contributed by atoms with van der Waals surface area (Å²) in [6.07, 6.45) is 0.329. The molecule has 0 unspecified atom stereocenters. The number of hydrogen-bond acceptors (Lipinski definition) is 1. The Morgan fingerprint density at radius 1 is 1.67 bits per heavy atom. The predicted molar refractivity (Wildman–Crippen MR) is 36.2 cm³/mol. The van der Waals surface area contributed by atoms with Crippen molar-refractivity contribution in [3.63, 3.8) is 0 Å². The molecule has 0 aliphatic heterocycles. The van der Waals surface area contributed by atoms with Crippen LogP contribution in [0.15, 0.2) is 12.2 Å². The summed E-state index contributed by atoms with van der Waals surface area (Å²) in [7, 11) is 0. The van der Waals surface area contributed by atoms with Gasteiger partial charge in [-0.1, -0.05) is 6.58 Å². The first-order chi connectivity index (χ1) is 3.18. The van der Waals surface area contributed by atoms with Crippen molar-refractivity contribution in [2.24, 2.45) is 0 Å². The van der Waals surface area contributed by atoms with Gasteiger partial charge in [-0.3, -0.25) is 4.79 Å². The first-order valence-electron chi connectivity index (χ1n) is 2.16. The van der Waals surface area contributed by atoms with E-state index in [0.717, 1.165) is 0 Å². The van der Waals surface area contributed by atoms with Crippen molar-refractivity contribution in [3.05, 3.63) is 26.5 Å². The van der Waals surface area contributed by atoms with E-state index in [2.05, 4.69) is 13.5 Å². The number of carbonyl (C=O) groups excluding carboxylic acids is 1. The van der Waals surface area contributed by atoms with E-state index < -0.39 is 0 Å². The van der Waals surface area contributed by atoms with Crippen molar-refractivity contribution in [1.29, 1.82) is 0 Å². The van der Waals surface area contributed by atoms with Crippen molar-refractivity contribution in [3.8, 4) is 0 Å². The third kappa shape index (κ3) is 8.10. The molecule has 0 radical (unpaired) electrons. The van der Waals surface area contributed by atoms with Crippen LogP contribution in [0, 0.1) is 14.4 Å². The van der Waals surface area contributed by atoms with Gasteiger partial charge >= 0.3 is 21.1 Å². The van der Waals surface area contributed by atoms with Gasteiger partial charge in [-0.2, -0.15) is 0 Å². The molecule has 0 atom stereocenters. The average molecular weight is 296 g/mol. The SMILES string of the molecule is C=C(C)C(=O)C[CH2-].[CH3-].[W+2]. The molecular weight excluding hydrogens is 284 g/mol. The van der Waals surface area contributed by atoms with Crippen LogP contribution < -0.4 is 0 Å². The average Bonchev–Trinajstić information content (AvgIpc) is 1.65. The van der Waals surface area contributed by atoms with Crippen LogP contribution in [0.4, 0.5) is 0 Å². The molecule has 9 heavy (non-hydrogen) atoms. The van der Waals surface area contributed by atoms with Crippen molar-refractivity contribution in [2.75, 3.05) is 0 Å². The number of ketones is 1. The van der Waals surface area contributed by atoms with E-state index in [1.54, 1.807) is 6.92 Å². The van der Waals surface area contributed by atoms with Gasteiger partial charge in [0.15, 0.2) is 0 Å². The maximum absolute atomic E-state index is 10.3. The van der Waals surface area contributed by atoms with Crippen LogP contribution in [0.25, 0.3) is 0 Å². The van der Waals surface area contributed by atoms with Crippen LogP contribution in [0.1, 0.15) is 13.3 Å². The van der Waals surface area contributed by atoms with E-state index in [0.29, 0.717) is 12.0 Å². The minimum Gasteiger partial charge on any atom is -0.358 e. The van der Waals surface area contributed by atoms with Gasteiger partial charge in [0.1, 0.15) is 5.78 Å². The quantitative estimate of drug-likeness (QED) is 0.561. The Balaban J connectivity index is -0.000000180. The van der Waals surface area contributed by atoms with Gasteiger partial charge in [-0.15, -0.1) is 6.42 Å². The van der Waals surface area contributed by atoms with Crippen LogP contribution in [-0.4, -0.2) is 5.78 Å². The summed E-state index contributed by atoms with van der Waals surface area (Å²) < 4.78 is 0. The molecule has 2 heteroatoms. The fraction of sp³-hybridized carbons (Fsp3) is 0.286. The summed E-state index contributed by atoms with van der Waals surface area (Å²) in [4.78, 5) is 10.3. The smallest absolute Gasteiger partial charge is 0.358 e. The zero-order valence-corrected chi connectivity index (χ0v) is 8.87. The number of rotatable bonds is 2. The van der Waals surface area contributed by atoms with E-state index in [1.165, 1.54) is 0 Å². The van der Waals surface area contributed by atoms with Crippen molar-refractivity contribution in [2.45, 2.75) is 13.3 Å². The predicted octanol–water partition coefficient (Wildman–Crippen LogP) is 1.80. The van der Waals surface area contributed by atoms with Crippen LogP contribution in [-0.2, 0) is 25.9 Å². The zero-order chi connectivity index (χ0) is 5.86. The fourth-order valence-corrected chi connectivity index (χ4v) is 0.213. The summed E-state index contributed by atoms with van der Waals surface area (Å²) in [5.74, 6) is 0.0417. The van der Waals surface area contributed by atoms with Gasteiger partial charge < -0.3 is 14.4 Å². The molecule has 0 spiro atoms. The Kier molecular flexibility index (Phi) is 14.4. The maximum atomic E-state index is 10.3. The molecule has 0 N–H and O–H groups in total. The van der Waals surface area contributed by atoms with E-state index in [1.807, 2.05) is 0 Å². The van der Waals surface area contributed by atoms with Gasteiger partial charge in [0.25, 0.3) is 0 Å². The van der Waals surface area contributed by atoms with Gasteiger partial charge in [0, 0.05) is 0 Å². The molecular formula is C7H12OW. The van der Waals surface area contributed by atoms with Crippen molar-refractivity contribution < 1.29 is 25.9 Å². The third-order valence-corrected chi connectivity index (χ3v) is 0.703. The monoisotopic (exact) mass is 296 g/mol. The minimum atomic E-state index is 0. The van der Waals surface area contributed by atoms with Crippen molar-refractivity contribution >= 4 is 5.78 Å². The van der Waals surface area contributed by atoms with Gasteiger partial charge in [-0.25, -0.2) is 0 Å². The second-order valence-corrected chi connectivity index (χ2v) is 1.45. The standard InChI is InChI=1S/C6H9O.CH3.W/c1-4-6(7)5(2)3;;/h1-2,4H2,3H3;1H3;/q2*-1;+2. The van der Waals surface area contributed by atoms with Gasteiger partial charge in [0.2, 0.25) is 0 Å². The summed E-state index contributed by atoms with van der Waals surface area (Å²) in [5, 5.41) is 0. The van der Waals surface area contributed by atoms with Crippen LogP contribution in [0.3, 0.4) is 0 Å². The number of hydrogen-bond donors (Lipinski definition) is 0. The van der Waals surface area contributed by atoms with E-state index >= 15 is 0 Å². The molecule has 0 aromatic carbocycles. The molecule has 52 valence electrons. The topological polar surface area (TPSA) is 17.1 Å². The van der Waals surface area contributed by atoms with Crippen LogP contribution in [0.5, 0.6) is 0 Å². The molecule has 0 rings (SSSR count). The van der Waals surface area contributed by atoms with Crippen LogP contribution in [0.2, 0.25) is 0 Å². The van der Waals surface area contributed by atoms with Crippen LogP contribution >= 0.6 is 0 Å². The first kappa shape index (κ1) is 16.0. The number of allylic oxidation sites excluding steroid dienone is 1. The Morgan fingerprint density at radius 2 is 2.00 bits per heavy atom. The molecule has 0 amide bonds. The minimum absolute atomic E-state index is 0. The number of carbonyl (C=O) groups is 1. The molecule has 0 heterocycles. The fourth-order valence-electron chi connectivity index (χ4n) is 0.213. The van der Waals surface area contributed by atoms with Crippen molar-refractivity contribution in [1.82, 2.24) is 0 Å². The van der Waals surface area contributed by atoms with Gasteiger partial charge in [0.05, 0.1) is 0 Å². The zero-order valence-electron chi connectivity index (χ0n) is 5.94. The first-order valence-corrected chi connectivity index (χ1v) is 2.16. The molecule has 0 saturated carbocycles. The van der Waals surface area contributed by atoms with E-state index in [9.17, 15) is 4.79 Å². The second-order valence-electron chi connectivity index (χ2n) is 1.45. The third-order valence-electron chi connectivity index (χ3n) is 0.703. The second kappa shape index (κ2) is 8.10. The Hall–Kier alpha value is 0.0983. The van der Waals surface area contributed by atoms with E-state index in [-0.39, 0.29) is 34.3 Å². The summed E-state index contributed by atoms with van der Waals surface area (Å²) in [6, 6.07) is 0. The maximum Gasteiger partial charge on any atom is 2.00 e. The molecule has 0 saturated heterocycles. The Morgan fingerprint density at radius 3 is 2.00 bits per heavy atom. The summed E-state index contributed by atoms with van der Waals surface area (Å²) in [5.41, 5.74) is 0.593.